The van der Waals surface area contributed by atoms with E-state index < -0.39 is 0 Å². The van der Waals surface area contributed by atoms with Crippen LogP contribution in [0.15, 0.2) is 22.9 Å². The standard InChI is InChI=1S/C8H3BrCl2N2/c9-5-2-12-6-3-13-7(10)1-4(6)8(5)11/h1-3H. The highest BCUT2D eigenvalue weighted by Crippen LogP contribution is 2.29. The lowest BCUT2D eigenvalue weighted by atomic mass is 10.3. The third-order valence-electron chi connectivity index (χ3n) is 1.61. The average Bonchev–Trinajstić information content (AvgIpc) is 2.12. The predicted molar refractivity (Wildman–Crippen MR) is 57.3 cm³/mol. The molecule has 0 radical (unpaired) electrons. The lowest BCUT2D eigenvalue weighted by molar-refractivity contribution is 1.30. The molecule has 2 nitrogen and oxygen atoms in total. The van der Waals surface area contributed by atoms with Gasteiger partial charge in [0.25, 0.3) is 0 Å². The van der Waals surface area contributed by atoms with E-state index in [2.05, 4.69) is 25.9 Å². The number of fused-ring (bicyclic) bond motifs is 1. The fourth-order valence-electron chi connectivity index (χ4n) is 1.01. The Morgan fingerprint density at radius 2 is 1.92 bits per heavy atom. The van der Waals surface area contributed by atoms with Crippen molar-refractivity contribution in [3.63, 3.8) is 0 Å². The summed E-state index contributed by atoms with van der Waals surface area (Å²) in [5.41, 5.74) is 0.734. The zero-order valence-corrected chi connectivity index (χ0v) is 9.36. The summed E-state index contributed by atoms with van der Waals surface area (Å²) >= 11 is 15.0. The van der Waals surface area contributed by atoms with Crippen molar-refractivity contribution < 1.29 is 0 Å². The SMILES string of the molecule is Clc1cc2c(Cl)c(Br)cnc2cn1. The van der Waals surface area contributed by atoms with Crippen LogP contribution in [-0.2, 0) is 0 Å². The Morgan fingerprint density at radius 3 is 2.69 bits per heavy atom. The van der Waals surface area contributed by atoms with Crippen LogP contribution in [0.4, 0.5) is 0 Å². The molecule has 0 bridgehead atoms. The van der Waals surface area contributed by atoms with Gasteiger partial charge in [-0.05, 0) is 22.0 Å². The number of pyridine rings is 2. The Hall–Kier alpha value is -0.380. The fraction of sp³-hybridized carbons (Fsp3) is 0. The molecule has 2 aromatic heterocycles. The Morgan fingerprint density at radius 1 is 1.15 bits per heavy atom. The van der Waals surface area contributed by atoms with E-state index >= 15 is 0 Å². The molecule has 2 rings (SSSR count). The third-order valence-corrected chi connectivity index (χ3v) is 3.06. The Bertz CT molecular complexity index is 468. The molecule has 0 N–H and O–H groups in total. The molecule has 0 spiro atoms. The second kappa shape index (κ2) is 3.40. The zero-order valence-electron chi connectivity index (χ0n) is 6.26. The van der Waals surface area contributed by atoms with Gasteiger partial charge in [-0.2, -0.15) is 0 Å². The second-order valence-corrected chi connectivity index (χ2v) is 4.06. The summed E-state index contributed by atoms with van der Waals surface area (Å²) in [5.74, 6) is 0. The summed E-state index contributed by atoms with van der Waals surface area (Å²) in [7, 11) is 0. The maximum atomic E-state index is 6.02. The number of aromatic nitrogens is 2. The third kappa shape index (κ3) is 1.64. The van der Waals surface area contributed by atoms with E-state index in [0.717, 1.165) is 15.4 Å². The first-order valence-electron chi connectivity index (χ1n) is 3.44. The summed E-state index contributed by atoms with van der Waals surface area (Å²) < 4.78 is 0.754. The number of hydrogen-bond acceptors (Lipinski definition) is 2. The monoisotopic (exact) mass is 276 g/mol. The largest absolute Gasteiger partial charge is 0.253 e. The first kappa shape index (κ1) is 9.19. The average molecular weight is 278 g/mol. The molecule has 13 heavy (non-hydrogen) atoms. The van der Waals surface area contributed by atoms with Crippen LogP contribution in [-0.4, -0.2) is 9.97 Å². The molecule has 0 saturated carbocycles. The van der Waals surface area contributed by atoms with Crippen LogP contribution < -0.4 is 0 Å². The van der Waals surface area contributed by atoms with Gasteiger partial charge in [-0.25, -0.2) is 4.98 Å². The molecule has 0 fully saturated rings. The van der Waals surface area contributed by atoms with Gasteiger partial charge < -0.3 is 0 Å². The summed E-state index contributed by atoms with van der Waals surface area (Å²) in [6.45, 7) is 0. The summed E-state index contributed by atoms with van der Waals surface area (Å²) in [6, 6.07) is 1.69. The Balaban J connectivity index is 2.89. The number of rotatable bonds is 0. The van der Waals surface area contributed by atoms with Gasteiger partial charge in [0.1, 0.15) is 5.15 Å². The van der Waals surface area contributed by atoms with Gasteiger partial charge in [-0.1, -0.05) is 23.2 Å². The molecule has 0 amide bonds. The molecule has 0 aliphatic carbocycles. The molecule has 2 heterocycles. The maximum absolute atomic E-state index is 6.02. The van der Waals surface area contributed by atoms with Gasteiger partial charge in [-0.15, -0.1) is 0 Å². The zero-order chi connectivity index (χ0) is 9.42. The van der Waals surface area contributed by atoms with Crippen molar-refractivity contribution in [1.82, 2.24) is 9.97 Å². The van der Waals surface area contributed by atoms with Crippen molar-refractivity contribution in [2.45, 2.75) is 0 Å². The molecular formula is C8H3BrCl2N2. The summed E-state index contributed by atoms with van der Waals surface area (Å²) in [5, 5.41) is 1.82. The molecule has 0 unspecified atom stereocenters. The van der Waals surface area contributed by atoms with Gasteiger partial charge in [0.15, 0.2) is 0 Å². The van der Waals surface area contributed by atoms with Gasteiger partial charge in [0.05, 0.1) is 21.2 Å². The van der Waals surface area contributed by atoms with Crippen LogP contribution in [0, 0.1) is 0 Å². The van der Waals surface area contributed by atoms with Gasteiger partial charge in [0.2, 0.25) is 0 Å². The number of nitrogens with zero attached hydrogens (tertiary/aromatic N) is 2. The van der Waals surface area contributed by atoms with Crippen molar-refractivity contribution in [3.05, 3.63) is 33.1 Å². The van der Waals surface area contributed by atoms with Crippen LogP contribution >= 0.6 is 39.1 Å². The maximum Gasteiger partial charge on any atom is 0.129 e. The highest BCUT2D eigenvalue weighted by Gasteiger charge is 2.05. The van der Waals surface area contributed by atoms with E-state index in [0.29, 0.717) is 10.2 Å². The first-order valence-corrected chi connectivity index (χ1v) is 4.98. The molecule has 0 aliphatic heterocycles. The van der Waals surface area contributed by atoms with Crippen molar-refractivity contribution in [2.75, 3.05) is 0 Å². The first-order chi connectivity index (χ1) is 6.18. The van der Waals surface area contributed by atoms with E-state index in [1.54, 1.807) is 18.5 Å². The van der Waals surface area contributed by atoms with Crippen LogP contribution in [0.1, 0.15) is 0 Å². The van der Waals surface area contributed by atoms with Crippen LogP contribution in [0.3, 0.4) is 0 Å². The van der Waals surface area contributed by atoms with E-state index in [-0.39, 0.29) is 0 Å². The molecule has 66 valence electrons. The fourth-order valence-corrected chi connectivity index (χ4v) is 1.69. The molecular weight excluding hydrogens is 275 g/mol. The number of halogens is 3. The quantitative estimate of drug-likeness (QED) is 0.686. The normalized spacial score (nSPS) is 10.7. The van der Waals surface area contributed by atoms with Crippen LogP contribution in [0.25, 0.3) is 10.9 Å². The molecule has 5 heteroatoms. The van der Waals surface area contributed by atoms with Crippen molar-refractivity contribution in [2.24, 2.45) is 0 Å². The summed E-state index contributed by atoms with van der Waals surface area (Å²) in [4.78, 5) is 8.04. The van der Waals surface area contributed by atoms with E-state index in [4.69, 9.17) is 23.2 Å². The molecule has 0 saturated heterocycles. The molecule has 0 aliphatic rings. The van der Waals surface area contributed by atoms with E-state index in [9.17, 15) is 0 Å². The van der Waals surface area contributed by atoms with Crippen molar-refractivity contribution in [3.8, 4) is 0 Å². The predicted octanol–water partition coefficient (Wildman–Crippen LogP) is 3.70. The number of hydrogen-bond donors (Lipinski definition) is 0. The highest BCUT2D eigenvalue weighted by molar-refractivity contribution is 9.10. The molecule has 0 atom stereocenters. The lowest BCUT2D eigenvalue weighted by Gasteiger charge is -2.00. The minimum Gasteiger partial charge on any atom is -0.253 e. The molecule has 0 aromatic carbocycles. The minimum absolute atomic E-state index is 0.411. The summed E-state index contributed by atoms with van der Waals surface area (Å²) in [6.07, 6.45) is 3.23. The lowest BCUT2D eigenvalue weighted by Crippen LogP contribution is -1.83. The highest BCUT2D eigenvalue weighted by atomic mass is 79.9. The molecule has 2 aromatic rings. The minimum atomic E-state index is 0.411. The van der Waals surface area contributed by atoms with Gasteiger partial charge >= 0.3 is 0 Å². The Labute approximate surface area is 93.0 Å². The topological polar surface area (TPSA) is 25.8 Å². The van der Waals surface area contributed by atoms with Crippen molar-refractivity contribution >= 4 is 50.0 Å². The van der Waals surface area contributed by atoms with E-state index in [1.165, 1.54) is 0 Å². The van der Waals surface area contributed by atoms with Crippen LogP contribution in [0.5, 0.6) is 0 Å². The van der Waals surface area contributed by atoms with Crippen LogP contribution in [0.2, 0.25) is 10.2 Å². The van der Waals surface area contributed by atoms with Crippen molar-refractivity contribution in [1.29, 1.82) is 0 Å². The van der Waals surface area contributed by atoms with Gasteiger partial charge in [0, 0.05) is 11.6 Å². The Kier molecular flexibility index (Phi) is 2.41. The smallest absolute Gasteiger partial charge is 0.129 e. The van der Waals surface area contributed by atoms with Gasteiger partial charge in [-0.3, -0.25) is 4.98 Å². The second-order valence-electron chi connectivity index (χ2n) is 2.44. The van der Waals surface area contributed by atoms with E-state index in [1.807, 2.05) is 0 Å².